The van der Waals surface area contributed by atoms with Crippen molar-refractivity contribution in [1.29, 1.82) is 0 Å². The fourth-order valence-corrected chi connectivity index (χ4v) is 3.62. The molecule has 6 heteroatoms. The fourth-order valence-electron chi connectivity index (χ4n) is 3.62. The Morgan fingerprint density at radius 3 is 2.24 bits per heavy atom. The molecule has 0 aliphatic carbocycles. The molecule has 0 fully saturated rings. The molecule has 1 heterocycles. The summed E-state index contributed by atoms with van der Waals surface area (Å²) in [5, 5.41) is 15.5. The maximum Gasteiger partial charge on any atom is 0.227 e. The first-order valence-corrected chi connectivity index (χ1v) is 12.0. The Balaban J connectivity index is 1.92. The molecule has 1 aromatic heterocycles. The van der Waals surface area contributed by atoms with Gasteiger partial charge >= 0.3 is 0 Å². The molecule has 6 nitrogen and oxygen atoms in total. The normalized spacial score (nSPS) is 13.0. The summed E-state index contributed by atoms with van der Waals surface area (Å²) >= 11 is 0. The van der Waals surface area contributed by atoms with Crippen LogP contribution in [0.4, 0.5) is 0 Å². The van der Waals surface area contributed by atoms with Crippen LogP contribution in [0.3, 0.4) is 0 Å². The van der Waals surface area contributed by atoms with E-state index in [0.717, 1.165) is 22.7 Å². The van der Waals surface area contributed by atoms with Gasteiger partial charge in [0.25, 0.3) is 0 Å². The average Bonchev–Trinajstić information content (AvgIpc) is 3.08. The van der Waals surface area contributed by atoms with Crippen molar-refractivity contribution in [3.8, 4) is 17.3 Å². The zero-order valence-corrected chi connectivity index (χ0v) is 21.6. The second-order valence-electron chi connectivity index (χ2n) is 10.1. The summed E-state index contributed by atoms with van der Waals surface area (Å²) in [6.45, 7) is 15.7. The van der Waals surface area contributed by atoms with E-state index in [1.807, 2.05) is 87.0 Å². The number of ether oxygens (including phenoxy) is 2. The fraction of sp³-hybridized carbons (Fsp3) is 0.464. The van der Waals surface area contributed by atoms with E-state index in [1.165, 1.54) is 5.56 Å². The summed E-state index contributed by atoms with van der Waals surface area (Å²) in [6, 6.07) is 18.3. The van der Waals surface area contributed by atoms with Crippen LogP contribution in [0, 0.1) is 13.8 Å². The Morgan fingerprint density at radius 1 is 1.00 bits per heavy atom. The molecule has 1 atom stereocenters. The topological polar surface area (TPSA) is 59.8 Å². The molecule has 34 heavy (non-hydrogen) atoms. The summed E-state index contributed by atoms with van der Waals surface area (Å²) < 4.78 is 14.1. The highest BCUT2D eigenvalue weighted by Gasteiger charge is 2.24. The van der Waals surface area contributed by atoms with Crippen LogP contribution in [0.15, 0.2) is 54.6 Å². The zero-order chi connectivity index (χ0) is 24.9. The van der Waals surface area contributed by atoms with Crippen molar-refractivity contribution in [2.24, 2.45) is 0 Å². The molecule has 0 amide bonds. The van der Waals surface area contributed by atoms with Crippen LogP contribution in [-0.4, -0.2) is 50.7 Å². The van der Waals surface area contributed by atoms with Gasteiger partial charge in [0, 0.05) is 19.1 Å². The Hall–Kier alpha value is -2.67. The molecule has 3 rings (SSSR count). The number of aliphatic hydroxyl groups excluding tert-OH is 1. The van der Waals surface area contributed by atoms with Gasteiger partial charge in [0.15, 0.2) is 0 Å². The van der Waals surface area contributed by atoms with E-state index < -0.39 is 6.10 Å². The first-order chi connectivity index (χ1) is 16.0. The molecule has 0 aliphatic heterocycles. The van der Waals surface area contributed by atoms with Gasteiger partial charge in [-0.25, -0.2) is 4.68 Å². The maximum absolute atomic E-state index is 10.7. The van der Waals surface area contributed by atoms with Gasteiger partial charge < -0.3 is 14.6 Å². The van der Waals surface area contributed by atoms with Crippen molar-refractivity contribution in [2.45, 2.75) is 72.8 Å². The minimum atomic E-state index is -0.590. The third kappa shape index (κ3) is 7.16. The Bertz CT molecular complexity index is 1040. The molecule has 0 spiro atoms. The van der Waals surface area contributed by atoms with Crippen LogP contribution < -0.4 is 4.74 Å². The van der Waals surface area contributed by atoms with Crippen molar-refractivity contribution < 1.29 is 14.6 Å². The van der Waals surface area contributed by atoms with Crippen molar-refractivity contribution in [1.82, 2.24) is 14.7 Å². The Kier molecular flexibility index (Phi) is 8.52. The Labute approximate surface area is 204 Å². The largest absolute Gasteiger partial charge is 0.439 e. The maximum atomic E-state index is 10.7. The average molecular weight is 466 g/mol. The number of aromatic nitrogens is 2. The predicted molar refractivity (Wildman–Crippen MR) is 137 cm³/mol. The van der Waals surface area contributed by atoms with Crippen LogP contribution in [0.5, 0.6) is 11.6 Å². The van der Waals surface area contributed by atoms with Crippen LogP contribution in [0.25, 0.3) is 5.69 Å². The van der Waals surface area contributed by atoms with Gasteiger partial charge in [0.1, 0.15) is 5.75 Å². The molecule has 0 unspecified atom stereocenters. The molecule has 0 aliphatic rings. The lowest BCUT2D eigenvalue weighted by Gasteiger charge is -2.30. The molecular weight excluding hydrogens is 426 g/mol. The van der Waals surface area contributed by atoms with Gasteiger partial charge in [0.05, 0.1) is 35.3 Å². The minimum Gasteiger partial charge on any atom is -0.439 e. The van der Waals surface area contributed by atoms with E-state index in [4.69, 9.17) is 14.6 Å². The lowest BCUT2D eigenvalue weighted by molar-refractivity contribution is -0.0587. The molecule has 0 radical (unpaired) electrons. The highest BCUT2D eigenvalue weighted by molar-refractivity contribution is 5.43. The van der Waals surface area contributed by atoms with Crippen molar-refractivity contribution >= 4 is 0 Å². The van der Waals surface area contributed by atoms with E-state index >= 15 is 0 Å². The van der Waals surface area contributed by atoms with E-state index in [0.29, 0.717) is 25.6 Å². The van der Waals surface area contributed by atoms with E-state index in [9.17, 15) is 5.11 Å². The summed E-state index contributed by atoms with van der Waals surface area (Å²) in [5.74, 6) is 1.46. The summed E-state index contributed by atoms with van der Waals surface area (Å²) in [4.78, 5) is 2.23. The van der Waals surface area contributed by atoms with Crippen molar-refractivity contribution in [3.05, 3.63) is 71.4 Å². The number of hydrogen-bond acceptors (Lipinski definition) is 5. The second kappa shape index (κ2) is 11.2. The molecule has 0 saturated carbocycles. The zero-order valence-electron chi connectivity index (χ0n) is 21.6. The molecule has 0 saturated heterocycles. The van der Waals surface area contributed by atoms with E-state index in [-0.39, 0.29) is 11.6 Å². The standard InChI is InChI=1S/C28H39N3O3/c1-20(2)30(17-24(32)19-33-28(5,6)7)18-26-22(4)29-31(23-11-9-8-10-12-23)27(26)34-25-15-13-21(3)14-16-25/h8-16,20,24,32H,17-19H2,1-7H3/t24-/m1/s1. The van der Waals surface area contributed by atoms with E-state index in [1.54, 1.807) is 0 Å². The highest BCUT2D eigenvalue weighted by atomic mass is 16.5. The third-order valence-corrected chi connectivity index (χ3v) is 5.62. The molecule has 0 bridgehead atoms. The SMILES string of the molecule is Cc1ccc(Oc2c(CN(C[C@@H](O)COC(C)(C)C)C(C)C)c(C)nn2-c2ccccc2)cc1. The number of aliphatic hydroxyl groups is 1. The van der Waals surface area contributed by atoms with Crippen molar-refractivity contribution in [3.63, 3.8) is 0 Å². The first kappa shape index (κ1) is 25.9. The Morgan fingerprint density at radius 2 is 1.65 bits per heavy atom. The van der Waals surface area contributed by atoms with Gasteiger partial charge in [0.2, 0.25) is 5.88 Å². The van der Waals surface area contributed by atoms with Gasteiger partial charge in [-0.1, -0.05) is 35.9 Å². The van der Waals surface area contributed by atoms with Gasteiger partial charge in [-0.15, -0.1) is 0 Å². The van der Waals surface area contributed by atoms with Crippen LogP contribution in [0.1, 0.15) is 51.4 Å². The van der Waals surface area contributed by atoms with E-state index in [2.05, 4.69) is 25.7 Å². The quantitative estimate of drug-likeness (QED) is 0.418. The highest BCUT2D eigenvalue weighted by Crippen LogP contribution is 2.32. The predicted octanol–water partition coefficient (Wildman–Crippen LogP) is 5.67. The lowest BCUT2D eigenvalue weighted by atomic mass is 10.1. The van der Waals surface area contributed by atoms with Crippen molar-refractivity contribution in [2.75, 3.05) is 13.2 Å². The van der Waals surface area contributed by atoms with Crippen LogP contribution in [0.2, 0.25) is 0 Å². The molecule has 3 aromatic rings. The summed E-state index contributed by atoms with van der Waals surface area (Å²) in [6.07, 6.45) is -0.590. The summed E-state index contributed by atoms with van der Waals surface area (Å²) in [7, 11) is 0. The van der Waals surface area contributed by atoms with Gasteiger partial charge in [-0.05, 0) is 72.7 Å². The number of rotatable bonds is 10. The number of hydrogen-bond donors (Lipinski definition) is 1. The first-order valence-electron chi connectivity index (χ1n) is 12.0. The lowest BCUT2D eigenvalue weighted by Crippen LogP contribution is -2.40. The minimum absolute atomic E-state index is 0.219. The number of benzene rings is 2. The monoisotopic (exact) mass is 465 g/mol. The van der Waals surface area contributed by atoms with Crippen LogP contribution >= 0.6 is 0 Å². The van der Waals surface area contributed by atoms with Gasteiger partial charge in [-0.2, -0.15) is 5.10 Å². The molecular formula is C28H39N3O3. The third-order valence-electron chi connectivity index (χ3n) is 5.62. The second-order valence-corrected chi connectivity index (χ2v) is 10.1. The van der Waals surface area contributed by atoms with Gasteiger partial charge in [-0.3, -0.25) is 4.90 Å². The van der Waals surface area contributed by atoms with Crippen LogP contribution in [-0.2, 0) is 11.3 Å². The number of aryl methyl sites for hydroxylation is 2. The molecule has 184 valence electrons. The number of nitrogens with zero attached hydrogens (tertiary/aromatic N) is 3. The number of para-hydroxylation sites is 1. The summed E-state index contributed by atoms with van der Waals surface area (Å²) in [5.41, 5.74) is 3.73. The smallest absolute Gasteiger partial charge is 0.227 e. The molecule has 1 N–H and O–H groups in total. The molecule has 2 aromatic carbocycles.